The van der Waals surface area contributed by atoms with Crippen LogP contribution in [0.3, 0.4) is 0 Å². The third kappa shape index (κ3) is 5.28. The Morgan fingerprint density at radius 1 is 1.31 bits per heavy atom. The van der Waals surface area contributed by atoms with Gasteiger partial charge < -0.3 is 15.1 Å². The lowest BCUT2D eigenvalue weighted by atomic mass is 10.1. The van der Waals surface area contributed by atoms with Gasteiger partial charge in [0.15, 0.2) is 0 Å². The number of hydrogen-bond donors (Lipinski definition) is 1. The van der Waals surface area contributed by atoms with Gasteiger partial charge in [0.2, 0.25) is 0 Å². The molecule has 1 unspecified atom stereocenters. The summed E-state index contributed by atoms with van der Waals surface area (Å²) in [6.07, 6.45) is 5.35. The van der Waals surface area contributed by atoms with Crippen LogP contribution in [0.15, 0.2) is 0 Å². The van der Waals surface area contributed by atoms with Crippen LogP contribution in [0.25, 0.3) is 0 Å². The molecule has 1 aliphatic rings. The molecule has 96 valence electrons. The van der Waals surface area contributed by atoms with Gasteiger partial charge in [0.05, 0.1) is 0 Å². The molecule has 0 aromatic rings. The average Bonchev–Trinajstić information content (AvgIpc) is 2.78. The molecule has 0 radical (unpaired) electrons. The standard InChI is InChI=1S/C13H29N3/c1-4-7-13(14-2)12-15(3)10-11-16-8-5-6-9-16/h13-14H,4-12H2,1-3H3. The van der Waals surface area contributed by atoms with Crippen LogP contribution < -0.4 is 5.32 Å². The largest absolute Gasteiger partial charge is 0.316 e. The van der Waals surface area contributed by atoms with E-state index in [0.29, 0.717) is 6.04 Å². The monoisotopic (exact) mass is 227 g/mol. The van der Waals surface area contributed by atoms with E-state index >= 15 is 0 Å². The highest BCUT2D eigenvalue weighted by atomic mass is 15.2. The first-order chi connectivity index (χ1) is 7.76. The van der Waals surface area contributed by atoms with Crippen molar-refractivity contribution < 1.29 is 0 Å². The molecule has 1 saturated heterocycles. The lowest BCUT2D eigenvalue weighted by Crippen LogP contribution is -2.40. The van der Waals surface area contributed by atoms with Crippen molar-refractivity contribution in [1.82, 2.24) is 15.1 Å². The average molecular weight is 227 g/mol. The topological polar surface area (TPSA) is 18.5 Å². The van der Waals surface area contributed by atoms with Gasteiger partial charge in [-0.15, -0.1) is 0 Å². The molecule has 16 heavy (non-hydrogen) atoms. The number of likely N-dealkylation sites (tertiary alicyclic amines) is 1. The van der Waals surface area contributed by atoms with E-state index in [1.54, 1.807) is 0 Å². The van der Waals surface area contributed by atoms with Crippen molar-refractivity contribution in [2.45, 2.75) is 38.6 Å². The Labute approximate surface area is 101 Å². The highest BCUT2D eigenvalue weighted by Gasteiger charge is 2.13. The number of hydrogen-bond acceptors (Lipinski definition) is 3. The predicted octanol–water partition coefficient (Wildman–Crippen LogP) is 1.40. The first-order valence-electron chi connectivity index (χ1n) is 6.84. The van der Waals surface area contributed by atoms with Gasteiger partial charge in [-0.25, -0.2) is 0 Å². The summed E-state index contributed by atoms with van der Waals surface area (Å²) in [6.45, 7) is 8.53. The molecule has 1 N–H and O–H groups in total. The summed E-state index contributed by atoms with van der Waals surface area (Å²) in [4.78, 5) is 5.06. The molecule has 0 aromatic carbocycles. The quantitative estimate of drug-likeness (QED) is 0.676. The zero-order valence-electron chi connectivity index (χ0n) is 11.3. The van der Waals surface area contributed by atoms with Crippen molar-refractivity contribution in [3.05, 3.63) is 0 Å². The maximum absolute atomic E-state index is 3.41. The lowest BCUT2D eigenvalue weighted by Gasteiger charge is -2.25. The van der Waals surface area contributed by atoms with Crippen molar-refractivity contribution in [1.29, 1.82) is 0 Å². The molecule has 0 aliphatic carbocycles. The second kappa shape index (κ2) is 8.04. The lowest BCUT2D eigenvalue weighted by molar-refractivity contribution is 0.237. The normalized spacial score (nSPS) is 19.5. The van der Waals surface area contributed by atoms with E-state index in [4.69, 9.17) is 0 Å². The van der Waals surface area contributed by atoms with Crippen molar-refractivity contribution in [2.24, 2.45) is 0 Å². The first kappa shape index (κ1) is 13.9. The Kier molecular flexibility index (Phi) is 7.01. The van der Waals surface area contributed by atoms with E-state index < -0.39 is 0 Å². The van der Waals surface area contributed by atoms with Crippen LogP contribution >= 0.6 is 0 Å². The zero-order chi connectivity index (χ0) is 11.8. The van der Waals surface area contributed by atoms with Crippen LogP contribution in [0.4, 0.5) is 0 Å². The van der Waals surface area contributed by atoms with Gasteiger partial charge in [-0.05, 0) is 46.4 Å². The van der Waals surface area contributed by atoms with E-state index in [-0.39, 0.29) is 0 Å². The van der Waals surface area contributed by atoms with Gasteiger partial charge in [0.1, 0.15) is 0 Å². The van der Waals surface area contributed by atoms with Gasteiger partial charge >= 0.3 is 0 Å². The minimum Gasteiger partial charge on any atom is -0.316 e. The fraction of sp³-hybridized carbons (Fsp3) is 1.00. The molecule has 0 saturated carbocycles. The zero-order valence-corrected chi connectivity index (χ0v) is 11.3. The first-order valence-corrected chi connectivity index (χ1v) is 6.84. The number of nitrogens with zero attached hydrogens (tertiary/aromatic N) is 2. The molecule has 1 aliphatic heterocycles. The minimum atomic E-state index is 0.661. The molecule has 0 spiro atoms. The second-order valence-electron chi connectivity index (χ2n) is 5.09. The molecular formula is C13H29N3. The summed E-state index contributed by atoms with van der Waals surface area (Å²) in [5.41, 5.74) is 0. The molecule has 0 bridgehead atoms. The summed E-state index contributed by atoms with van der Waals surface area (Å²) in [6, 6.07) is 0.661. The molecule has 1 fully saturated rings. The van der Waals surface area contributed by atoms with E-state index in [0.717, 1.165) is 0 Å². The number of rotatable bonds is 8. The van der Waals surface area contributed by atoms with E-state index in [9.17, 15) is 0 Å². The molecule has 3 heteroatoms. The van der Waals surface area contributed by atoms with Crippen LogP contribution in [-0.2, 0) is 0 Å². The minimum absolute atomic E-state index is 0.661. The van der Waals surface area contributed by atoms with Gasteiger partial charge in [-0.2, -0.15) is 0 Å². The summed E-state index contributed by atoms with van der Waals surface area (Å²) >= 11 is 0. The third-order valence-electron chi connectivity index (χ3n) is 3.57. The van der Waals surface area contributed by atoms with Crippen LogP contribution in [0.2, 0.25) is 0 Å². The molecule has 1 atom stereocenters. The van der Waals surface area contributed by atoms with E-state index in [2.05, 4.69) is 36.1 Å². The Hall–Kier alpha value is -0.120. The van der Waals surface area contributed by atoms with E-state index in [1.165, 1.54) is 58.4 Å². The third-order valence-corrected chi connectivity index (χ3v) is 3.57. The maximum Gasteiger partial charge on any atom is 0.0191 e. The molecule has 1 rings (SSSR count). The maximum atomic E-state index is 3.41. The van der Waals surface area contributed by atoms with Crippen LogP contribution in [0, 0.1) is 0 Å². The second-order valence-corrected chi connectivity index (χ2v) is 5.09. The van der Waals surface area contributed by atoms with Gasteiger partial charge in [0.25, 0.3) is 0 Å². The SMILES string of the molecule is CCCC(CN(C)CCN1CCCC1)NC. The highest BCUT2D eigenvalue weighted by molar-refractivity contribution is 4.71. The molecule has 0 aromatic heterocycles. The Morgan fingerprint density at radius 2 is 2.00 bits per heavy atom. The Bertz CT molecular complexity index is 167. The number of likely N-dealkylation sites (N-methyl/N-ethyl adjacent to an activating group) is 2. The molecule has 3 nitrogen and oxygen atoms in total. The summed E-state index contributed by atoms with van der Waals surface area (Å²) in [5.74, 6) is 0. The summed E-state index contributed by atoms with van der Waals surface area (Å²) in [7, 11) is 4.32. The predicted molar refractivity (Wildman–Crippen MR) is 70.9 cm³/mol. The number of nitrogens with one attached hydrogen (secondary N) is 1. The molecular weight excluding hydrogens is 198 g/mol. The fourth-order valence-electron chi connectivity index (χ4n) is 2.46. The highest BCUT2D eigenvalue weighted by Crippen LogP contribution is 2.06. The van der Waals surface area contributed by atoms with Gasteiger partial charge in [-0.1, -0.05) is 13.3 Å². The summed E-state index contributed by atoms with van der Waals surface area (Å²) < 4.78 is 0. The van der Waals surface area contributed by atoms with Crippen molar-refractivity contribution >= 4 is 0 Å². The summed E-state index contributed by atoms with van der Waals surface area (Å²) in [5, 5.41) is 3.41. The van der Waals surface area contributed by atoms with Gasteiger partial charge in [-0.3, -0.25) is 0 Å². The smallest absolute Gasteiger partial charge is 0.0191 e. The Morgan fingerprint density at radius 3 is 2.56 bits per heavy atom. The Balaban J connectivity index is 2.10. The van der Waals surface area contributed by atoms with E-state index in [1.807, 2.05) is 0 Å². The van der Waals surface area contributed by atoms with Crippen molar-refractivity contribution in [3.8, 4) is 0 Å². The van der Waals surface area contributed by atoms with Crippen LogP contribution in [0.1, 0.15) is 32.6 Å². The van der Waals surface area contributed by atoms with Gasteiger partial charge in [0, 0.05) is 25.7 Å². The van der Waals surface area contributed by atoms with Crippen molar-refractivity contribution in [3.63, 3.8) is 0 Å². The fourth-order valence-corrected chi connectivity index (χ4v) is 2.46. The van der Waals surface area contributed by atoms with Crippen LogP contribution in [0.5, 0.6) is 0 Å². The van der Waals surface area contributed by atoms with Crippen LogP contribution in [-0.4, -0.2) is 62.7 Å². The molecule has 1 heterocycles. The van der Waals surface area contributed by atoms with Crippen molar-refractivity contribution in [2.75, 3.05) is 46.8 Å². The molecule has 0 amide bonds.